The lowest BCUT2D eigenvalue weighted by molar-refractivity contribution is 0.0839. The molecule has 0 aliphatic carbocycles. The van der Waals surface area contributed by atoms with E-state index in [1.807, 2.05) is 18.1 Å². The van der Waals surface area contributed by atoms with Crippen molar-refractivity contribution in [2.45, 2.75) is 24.1 Å². The van der Waals surface area contributed by atoms with Gasteiger partial charge in [0.05, 0.1) is 5.60 Å². The predicted molar refractivity (Wildman–Crippen MR) is 66.3 cm³/mol. The minimum absolute atomic E-state index is 0.445. The van der Waals surface area contributed by atoms with E-state index in [1.165, 1.54) is 11.8 Å². The smallest absolute Gasteiger partial charge is 0.190 e. The minimum Gasteiger partial charge on any atom is -0.388 e. The second kappa shape index (κ2) is 4.39. The van der Waals surface area contributed by atoms with E-state index in [1.54, 1.807) is 6.07 Å². The summed E-state index contributed by atoms with van der Waals surface area (Å²) in [7, 11) is 0. The summed E-state index contributed by atoms with van der Waals surface area (Å²) in [5.41, 5.74) is -0.628. The van der Waals surface area contributed by atoms with Gasteiger partial charge in [-0.1, -0.05) is 23.4 Å². The molecule has 6 heteroatoms. The summed E-state index contributed by atoms with van der Waals surface area (Å²) in [5.74, 6) is 0.794. The molecule has 2 rings (SSSR count). The number of hydrogen-bond donors (Lipinski definition) is 1. The van der Waals surface area contributed by atoms with Crippen molar-refractivity contribution in [2.75, 3.05) is 24.2 Å². The molecule has 1 aromatic rings. The highest BCUT2D eigenvalue weighted by Gasteiger charge is 2.32. The van der Waals surface area contributed by atoms with Gasteiger partial charge in [-0.3, -0.25) is 0 Å². The van der Waals surface area contributed by atoms with Crippen LogP contribution in [0.25, 0.3) is 0 Å². The molecule has 0 aromatic carbocycles. The summed E-state index contributed by atoms with van der Waals surface area (Å²) in [4.78, 5) is 10.5. The lowest BCUT2D eigenvalue weighted by Gasteiger charge is -2.20. The highest BCUT2D eigenvalue weighted by Crippen LogP contribution is 2.27. The van der Waals surface area contributed by atoms with Gasteiger partial charge in [-0.05, 0) is 19.6 Å². The van der Waals surface area contributed by atoms with E-state index in [9.17, 15) is 5.11 Å². The Labute approximate surface area is 104 Å². The number of nitrogens with zero attached hydrogens (tertiary/aromatic N) is 3. The van der Waals surface area contributed by atoms with Crippen LogP contribution in [0.4, 0.5) is 5.82 Å². The fourth-order valence-corrected chi connectivity index (χ4v) is 2.38. The summed E-state index contributed by atoms with van der Waals surface area (Å²) in [6.45, 7) is 3.23. The number of halogens is 1. The topological polar surface area (TPSA) is 49.2 Å². The number of anilines is 1. The molecular weight excluding hydrogens is 246 g/mol. The zero-order valence-electron chi connectivity index (χ0n) is 9.27. The average Bonchev–Trinajstić information content (AvgIpc) is 2.58. The zero-order valence-corrected chi connectivity index (χ0v) is 10.8. The quantitative estimate of drug-likeness (QED) is 0.499. The molecule has 88 valence electrons. The second-order valence-electron chi connectivity index (χ2n) is 4.20. The van der Waals surface area contributed by atoms with E-state index < -0.39 is 5.60 Å². The van der Waals surface area contributed by atoms with Gasteiger partial charge in [-0.15, -0.1) is 0 Å². The number of aromatic nitrogens is 2. The maximum Gasteiger partial charge on any atom is 0.190 e. The Bertz CT molecular complexity index is 400. The van der Waals surface area contributed by atoms with Gasteiger partial charge in [0.2, 0.25) is 0 Å². The second-order valence-corrected chi connectivity index (χ2v) is 5.36. The summed E-state index contributed by atoms with van der Waals surface area (Å²) >= 11 is 7.38. The molecule has 0 bridgehead atoms. The molecule has 0 spiro atoms. The van der Waals surface area contributed by atoms with Crippen molar-refractivity contribution >= 4 is 29.2 Å². The molecule has 1 saturated heterocycles. The van der Waals surface area contributed by atoms with Crippen molar-refractivity contribution in [3.05, 3.63) is 11.2 Å². The predicted octanol–water partition coefficient (Wildman–Crippen LogP) is 1.81. The van der Waals surface area contributed by atoms with Gasteiger partial charge in [-0.2, -0.15) is 0 Å². The molecule has 1 unspecified atom stereocenters. The Hall–Kier alpha value is -0.520. The number of hydrogen-bond acceptors (Lipinski definition) is 5. The molecule has 0 amide bonds. The standard InChI is InChI=1S/C10H14ClN3OS/c1-10(15)3-4-14(6-10)8-5-7(11)12-9(13-8)16-2/h5,15H,3-4,6H2,1-2H3. The normalized spacial score (nSPS) is 25.1. The molecule has 1 aliphatic rings. The van der Waals surface area contributed by atoms with E-state index in [-0.39, 0.29) is 0 Å². The van der Waals surface area contributed by atoms with Gasteiger partial charge in [0.25, 0.3) is 0 Å². The first-order valence-electron chi connectivity index (χ1n) is 5.06. The van der Waals surface area contributed by atoms with Crippen LogP contribution in [0.2, 0.25) is 5.15 Å². The third-order valence-electron chi connectivity index (χ3n) is 2.62. The molecular formula is C10H14ClN3OS. The maximum atomic E-state index is 9.90. The molecule has 1 aliphatic heterocycles. The lowest BCUT2D eigenvalue weighted by atomic mass is 10.1. The van der Waals surface area contributed by atoms with Gasteiger partial charge in [-0.25, -0.2) is 9.97 Å². The Morgan fingerprint density at radius 2 is 2.31 bits per heavy atom. The zero-order chi connectivity index (χ0) is 11.8. The molecule has 1 N–H and O–H groups in total. The van der Waals surface area contributed by atoms with Crippen LogP contribution in [-0.2, 0) is 0 Å². The fourth-order valence-electron chi connectivity index (χ4n) is 1.78. The van der Waals surface area contributed by atoms with Crippen molar-refractivity contribution in [2.24, 2.45) is 0 Å². The van der Waals surface area contributed by atoms with Crippen LogP contribution < -0.4 is 4.90 Å². The molecule has 16 heavy (non-hydrogen) atoms. The van der Waals surface area contributed by atoms with Crippen LogP contribution in [0.3, 0.4) is 0 Å². The van der Waals surface area contributed by atoms with Crippen LogP contribution in [0.5, 0.6) is 0 Å². The molecule has 0 saturated carbocycles. The summed E-state index contributed by atoms with van der Waals surface area (Å²) in [6.07, 6.45) is 2.67. The lowest BCUT2D eigenvalue weighted by Crippen LogP contribution is -2.30. The summed E-state index contributed by atoms with van der Waals surface area (Å²) in [5, 5.41) is 11.0. The van der Waals surface area contributed by atoms with Crippen molar-refractivity contribution in [1.82, 2.24) is 9.97 Å². The Morgan fingerprint density at radius 3 is 2.88 bits per heavy atom. The van der Waals surface area contributed by atoms with E-state index in [4.69, 9.17) is 11.6 Å². The van der Waals surface area contributed by atoms with Crippen LogP contribution in [0, 0.1) is 0 Å². The number of thioether (sulfide) groups is 1. The van der Waals surface area contributed by atoms with E-state index in [2.05, 4.69) is 9.97 Å². The highest BCUT2D eigenvalue weighted by molar-refractivity contribution is 7.98. The first-order valence-corrected chi connectivity index (χ1v) is 6.66. The maximum absolute atomic E-state index is 9.90. The minimum atomic E-state index is -0.628. The van der Waals surface area contributed by atoms with Crippen molar-refractivity contribution in [3.8, 4) is 0 Å². The van der Waals surface area contributed by atoms with Crippen molar-refractivity contribution < 1.29 is 5.11 Å². The third kappa shape index (κ3) is 2.59. The first-order chi connectivity index (χ1) is 7.50. The SMILES string of the molecule is CSc1nc(Cl)cc(N2CCC(C)(O)C2)n1. The number of aliphatic hydroxyl groups is 1. The monoisotopic (exact) mass is 259 g/mol. The number of rotatable bonds is 2. The molecule has 4 nitrogen and oxygen atoms in total. The largest absolute Gasteiger partial charge is 0.388 e. The highest BCUT2D eigenvalue weighted by atomic mass is 35.5. The van der Waals surface area contributed by atoms with Crippen LogP contribution in [0.1, 0.15) is 13.3 Å². The van der Waals surface area contributed by atoms with Gasteiger partial charge >= 0.3 is 0 Å². The molecule has 1 atom stereocenters. The summed E-state index contributed by atoms with van der Waals surface area (Å²) < 4.78 is 0. The van der Waals surface area contributed by atoms with Crippen LogP contribution in [-0.4, -0.2) is 40.0 Å². The van der Waals surface area contributed by atoms with Crippen molar-refractivity contribution in [3.63, 3.8) is 0 Å². The first kappa shape index (κ1) is 12.0. The van der Waals surface area contributed by atoms with E-state index >= 15 is 0 Å². The molecule has 1 fully saturated rings. The Kier molecular flexibility index (Phi) is 3.28. The van der Waals surface area contributed by atoms with Crippen LogP contribution in [0.15, 0.2) is 11.2 Å². The average molecular weight is 260 g/mol. The van der Waals surface area contributed by atoms with E-state index in [0.717, 1.165) is 18.8 Å². The molecule has 0 radical (unpaired) electrons. The van der Waals surface area contributed by atoms with E-state index in [0.29, 0.717) is 16.9 Å². The Balaban J connectivity index is 2.24. The summed E-state index contributed by atoms with van der Waals surface area (Å²) in [6, 6.07) is 1.74. The fraction of sp³-hybridized carbons (Fsp3) is 0.600. The van der Waals surface area contributed by atoms with Gasteiger partial charge in [0.15, 0.2) is 5.16 Å². The van der Waals surface area contributed by atoms with Crippen LogP contribution >= 0.6 is 23.4 Å². The van der Waals surface area contributed by atoms with Crippen molar-refractivity contribution in [1.29, 1.82) is 0 Å². The Morgan fingerprint density at radius 1 is 1.56 bits per heavy atom. The van der Waals surface area contributed by atoms with Gasteiger partial charge in [0, 0.05) is 19.2 Å². The molecule has 1 aromatic heterocycles. The third-order valence-corrected chi connectivity index (χ3v) is 3.36. The van der Waals surface area contributed by atoms with Gasteiger partial charge in [0.1, 0.15) is 11.0 Å². The van der Waals surface area contributed by atoms with Gasteiger partial charge < -0.3 is 10.0 Å². The molecule has 2 heterocycles. The number of β-amino-alcohol motifs (C(OH)–C–C–N with tert-alkyl or cyclic N) is 1.